The molecule has 2 aliphatic rings. The van der Waals surface area contributed by atoms with Gasteiger partial charge in [-0.25, -0.2) is 9.79 Å². The molecule has 1 spiro atoms. The molecular formula is C37H66F3N3O3. The van der Waals surface area contributed by atoms with Crippen molar-refractivity contribution in [3.05, 3.63) is 23.3 Å². The third-order valence-corrected chi connectivity index (χ3v) is 9.17. The first kappa shape index (κ1) is 43.7. The summed E-state index contributed by atoms with van der Waals surface area (Å²) in [7, 11) is 1.75. The molecule has 0 radical (unpaired) electrons. The molecular weight excluding hydrogens is 591 g/mol. The number of carboxylic acids is 1. The van der Waals surface area contributed by atoms with Crippen LogP contribution in [0.4, 0.5) is 13.2 Å². The number of amidine groups is 1. The molecule has 9 heteroatoms. The summed E-state index contributed by atoms with van der Waals surface area (Å²) < 4.78 is 39.2. The molecule has 1 aliphatic heterocycles. The number of halogens is 3. The highest BCUT2D eigenvalue weighted by Gasteiger charge is 2.53. The Balaban J connectivity index is 0.00000486. The van der Waals surface area contributed by atoms with Crippen molar-refractivity contribution in [2.24, 2.45) is 27.7 Å². The summed E-state index contributed by atoms with van der Waals surface area (Å²) in [6.45, 7) is 26.2. The number of hydrogen-bond acceptors (Lipinski definition) is 4. The van der Waals surface area contributed by atoms with Crippen molar-refractivity contribution in [3.63, 3.8) is 0 Å². The zero-order valence-electron chi connectivity index (χ0n) is 31.5. The van der Waals surface area contributed by atoms with Gasteiger partial charge in [-0.1, -0.05) is 93.9 Å². The second kappa shape index (κ2) is 18.3. The summed E-state index contributed by atoms with van der Waals surface area (Å²) in [6, 6.07) is -0.291. The number of hydrogen-bond donors (Lipinski definition) is 1. The highest BCUT2D eigenvalue weighted by Crippen LogP contribution is 2.48. The smallest absolute Gasteiger partial charge is 0.391 e. The Morgan fingerprint density at radius 1 is 1.02 bits per heavy atom. The quantitative estimate of drug-likeness (QED) is 0.187. The van der Waals surface area contributed by atoms with Crippen LogP contribution in [0.1, 0.15) is 141 Å². The Morgan fingerprint density at radius 3 is 1.98 bits per heavy atom. The Hall–Kier alpha value is -2.32. The van der Waals surface area contributed by atoms with Crippen molar-refractivity contribution in [2.45, 2.75) is 159 Å². The second-order valence-corrected chi connectivity index (χ2v) is 14.9. The summed E-state index contributed by atoms with van der Waals surface area (Å²) >= 11 is 0. The van der Waals surface area contributed by atoms with Crippen molar-refractivity contribution in [1.82, 2.24) is 9.80 Å². The SMILES string of the molecule is C/C(=C\C=C(/C)C(CCC(C)(C)C)N1C(=O)C(N(C)CCCC(C)C(F)(F)F)=NC12CCC(C(C)(C)C)CC2)C(=O)O.CC.CC. The van der Waals surface area contributed by atoms with Gasteiger partial charge in [0.15, 0.2) is 5.84 Å². The fraction of sp³-hybridized carbons (Fsp3) is 0.811. The molecule has 0 aromatic carbocycles. The lowest BCUT2D eigenvalue weighted by atomic mass is 9.69. The summed E-state index contributed by atoms with van der Waals surface area (Å²) in [5, 5.41) is 9.38. The molecule has 1 fully saturated rings. The van der Waals surface area contributed by atoms with Crippen molar-refractivity contribution < 1.29 is 27.9 Å². The molecule has 0 bridgehead atoms. The lowest BCUT2D eigenvalue weighted by Gasteiger charge is -2.47. The van der Waals surface area contributed by atoms with Gasteiger partial charge in [-0.3, -0.25) is 4.79 Å². The van der Waals surface area contributed by atoms with Crippen LogP contribution >= 0.6 is 0 Å². The first-order valence-electron chi connectivity index (χ1n) is 17.4. The number of carbonyl (C=O) groups excluding carboxylic acids is 1. The third-order valence-electron chi connectivity index (χ3n) is 9.17. The number of amides is 1. The molecule has 6 nitrogen and oxygen atoms in total. The molecule has 0 saturated heterocycles. The van der Waals surface area contributed by atoms with Crippen LogP contribution in [-0.4, -0.2) is 64.1 Å². The van der Waals surface area contributed by atoms with E-state index in [0.29, 0.717) is 44.0 Å². The number of carbonyl (C=O) groups is 2. The molecule has 46 heavy (non-hydrogen) atoms. The van der Waals surface area contributed by atoms with Gasteiger partial charge >= 0.3 is 12.1 Å². The third kappa shape index (κ3) is 12.7. The van der Waals surface area contributed by atoms with Gasteiger partial charge in [-0.05, 0) is 82.0 Å². The van der Waals surface area contributed by atoms with Gasteiger partial charge in [0.2, 0.25) is 0 Å². The van der Waals surface area contributed by atoms with E-state index in [0.717, 1.165) is 24.8 Å². The number of aliphatic carboxylic acids is 1. The molecule has 268 valence electrons. The van der Waals surface area contributed by atoms with Gasteiger partial charge in [-0.2, -0.15) is 13.2 Å². The van der Waals surface area contributed by atoms with E-state index in [-0.39, 0.29) is 34.8 Å². The first-order chi connectivity index (χ1) is 21.1. The van der Waals surface area contributed by atoms with E-state index in [1.807, 2.05) is 39.5 Å². The molecule has 1 N–H and O–H groups in total. The molecule has 2 unspecified atom stereocenters. The Morgan fingerprint density at radius 2 is 1.54 bits per heavy atom. The van der Waals surface area contributed by atoms with Crippen LogP contribution in [-0.2, 0) is 9.59 Å². The minimum absolute atomic E-state index is 0.0112. The average Bonchev–Trinajstić information content (AvgIpc) is 3.23. The molecule has 1 saturated carbocycles. The largest absolute Gasteiger partial charge is 0.478 e. The van der Waals surface area contributed by atoms with Crippen molar-refractivity contribution in [3.8, 4) is 0 Å². The highest BCUT2D eigenvalue weighted by atomic mass is 19.4. The topological polar surface area (TPSA) is 73.2 Å². The number of nitrogens with zero attached hydrogens (tertiary/aromatic N) is 3. The van der Waals surface area contributed by atoms with E-state index in [1.54, 1.807) is 31.0 Å². The van der Waals surface area contributed by atoms with Gasteiger partial charge in [0.1, 0.15) is 5.66 Å². The number of allylic oxidation sites excluding steroid dienone is 2. The predicted molar refractivity (Wildman–Crippen MR) is 186 cm³/mol. The van der Waals surface area contributed by atoms with E-state index in [1.165, 1.54) is 6.92 Å². The van der Waals surface area contributed by atoms with Gasteiger partial charge in [0.05, 0.1) is 12.0 Å². The summed E-state index contributed by atoms with van der Waals surface area (Å²) in [5.74, 6) is -1.78. The summed E-state index contributed by atoms with van der Waals surface area (Å²) in [4.78, 5) is 34.6. The maximum Gasteiger partial charge on any atom is 0.391 e. The van der Waals surface area contributed by atoms with E-state index >= 15 is 0 Å². The molecule has 0 aromatic rings. The number of alkyl halides is 3. The lowest BCUT2D eigenvalue weighted by molar-refractivity contribution is -0.171. The number of likely N-dealkylation sites (N-methyl/N-ethyl adjacent to an activating group) is 1. The molecule has 2 rings (SSSR count). The van der Waals surface area contributed by atoms with Crippen LogP contribution in [0.2, 0.25) is 0 Å². The van der Waals surface area contributed by atoms with E-state index in [4.69, 9.17) is 4.99 Å². The summed E-state index contributed by atoms with van der Waals surface area (Å²) in [6.07, 6.45) is 4.25. The van der Waals surface area contributed by atoms with Crippen molar-refractivity contribution >= 4 is 17.7 Å². The van der Waals surface area contributed by atoms with Gasteiger partial charge < -0.3 is 14.9 Å². The predicted octanol–water partition coefficient (Wildman–Crippen LogP) is 10.3. The number of carboxylic acid groups (broad SMARTS) is 1. The van der Waals surface area contributed by atoms with Crippen LogP contribution in [0.3, 0.4) is 0 Å². The van der Waals surface area contributed by atoms with E-state index < -0.39 is 23.7 Å². The maximum absolute atomic E-state index is 14.3. The van der Waals surface area contributed by atoms with Crippen LogP contribution in [0.5, 0.6) is 0 Å². The normalized spacial score (nSPS) is 22.4. The number of rotatable bonds is 10. The van der Waals surface area contributed by atoms with Gasteiger partial charge in [0.25, 0.3) is 5.91 Å². The monoisotopic (exact) mass is 658 g/mol. The molecule has 0 aromatic heterocycles. The van der Waals surface area contributed by atoms with E-state index in [2.05, 4.69) is 41.5 Å². The Kier molecular flexibility index (Phi) is 17.4. The van der Waals surface area contributed by atoms with Gasteiger partial charge in [0, 0.05) is 19.2 Å². The standard InChI is InChI=1S/C33H54F3N3O3.2C2H6/c1-22(13-14-23(2)29(41)42)26(17-18-30(4,5)6)39-28(40)27(38(10)21-11-12-24(3)33(34,35)36)37-32(39)19-15-25(16-20-32)31(7,8)9;2*1-2/h13-14,24-26H,11-12,15-21H2,1-10H3,(H,41,42);2*1-2H3/b22-13+,23-14+;;. The van der Waals surface area contributed by atoms with Crippen LogP contribution in [0, 0.1) is 22.7 Å². The summed E-state index contributed by atoms with van der Waals surface area (Å²) in [5.41, 5.74) is 0.519. The van der Waals surface area contributed by atoms with E-state index in [9.17, 15) is 27.9 Å². The minimum Gasteiger partial charge on any atom is -0.478 e. The lowest BCUT2D eigenvalue weighted by Crippen LogP contribution is -2.55. The zero-order valence-corrected chi connectivity index (χ0v) is 31.5. The van der Waals surface area contributed by atoms with Crippen molar-refractivity contribution in [1.29, 1.82) is 0 Å². The Bertz CT molecular complexity index is 1060. The second-order valence-electron chi connectivity index (χ2n) is 14.9. The van der Waals surface area contributed by atoms with Gasteiger partial charge in [-0.15, -0.1) is 0 Å². The molecule has 1 aliphatic carbocycles. The zero-order chi connectivity index (χ0) is 36.3. The molecule has 1 amide bonds. The fourth-order valence-electron chi connectivity index (χ4n) is 6.05. The van der Waals surface area contributed by atoms with Crippen molar-refractivity contribution in [2.75, 3.05) is 13.6 Å². The Labute approximate surface area is 279 Å². The maximum atomic E-state index is 14.3. The molecule has 2 atom stereocenters. The van der Waals surface area contributed by atoms with Crippen LogP contribution in [0.15, 0.2) is 28.3 Å². The van der Waals surface area contributed by atoms with Crippen LogP contribution in [0.25, 0.3) is 0 Å². The minimum atomic E-state index is -4.23. The highest BCUT2D eigenvalue weighted by molar-refractivity contribution is 6.39. The number of aliphatic imine (C=N–C) groups is 1. The fourth-order valence-corrected chi connectivity index (χ4v) is 6.05. The average molecular weight is 658 g/mol. The molecule has 1 heterocycles. The van der Waals surface area contributed by atoms with Crippen LogP contribution < -0.4 is 0 Å². The first-order valence-corrected chi connectivity index (χ1v) is 17.4.